The fourth-order valence-electron chi connectivity index (χ4n) is 2.26. The molecule has 0 aliphatic heterocycles. The van der Waals surface area contributed by atoms with E-state index in [0.717, 1.165) is 0 Å². The van der Waals surface area contributed by atoms with Crippen molar-refractivity contribution in [2.45, 2.75) is 28.0 Å². The maximum Gasteiger partial charge on any atom is 0.294 e. The van der Waals surface area contributed by atoms with Crippen LogP contribution in [0.3, 0.4) is 0 Å². The minimum atomic E-state index is -4.00. The monoisotopic (exact) mass is 608 g/mol. The first-order chi connectivity index (χ1) is 18.1. The van der Waals surface area contributed by atoms with Gasteiger partial charge in [0.25, 0.3) is 30.4 Å². The Hall–Kier alpha value is -2.73. The van der Waals surface area contributed by atoms with Crippen molar-refractivity contribution in [1.29, 1.82) is 0 Å². The SMILES string of the molecule is CCC(CO)(CO)CO.O=S(=O)(O)c1ccccc1.O=S(=O)(O)c1ccccc1.O=S(=O)(O)c1ccccc1. The number of rotatable bonds is 7. The molecule has 0 radical (unpaired) electrons. The molecule has 0 amide bonds. The lowest BCUT2D eigenvalue weighted by Crippen LogP contribution is -2.32. The molecule has 3 aromatic rings. The summed E-state index contributed by atoms with van der Waals surface area (Å²) in [6, 6.07) is 22.3. The third kappa shape index (κ3) is 14.9. The van der Waals surface area contributed by atoms with E-state index in [-0.39, 0.29) is 34.5 Å². The molecule has 0 bridgehead atoms. The fraction of sp³-hybridized carbons (Fsp3) is 0.250. The van der Waals surface area contributed by atoms with Crippen LogP contribution in [0.2, 0.25) is 0 Å². The molecular formula is C24H32O12S3. The van der Waals surface area contributed by atoms with Crippen LogP contribution in [-0.4, -0.2) is 74.1 Å². The standard InChI is InChI=1S/3C6H6O3S.C6H14O3/c3*7-10(8,9)6-4-2-1-3-5-6;1-2-6(3-7,4-8)5-9/h3*1-5H,(H,7,8,9);7-9H,2-5H2,1H3. The molecule has 0 spiro atoms. The molecule has 0 unspecified atom stereocenters. The van der Waals surface area contributed by atoms with Crippen LogP contribution < -0.4 is 0 Å². The molecule has 0 saturated carbocycles. The summed E-state index contributed by atoms with van der Waals surface area (Å²) in [5, 5.41) is 26.0. The van der Waals surface area contributed by atoms with Crippen LogP contribution in [0.4, 0.5) is 0 Å². The van der Waals surface area contributed by atoms with Gasteiger partial charge in [-0.25, -0.2) is 0 Å². The van der Waals surface area contributed by atoms with Gasteiger partial charge < -0.3 is 15.3 Å². The number of benzene rings is 3. The first-order valence-corrected chi connectivity index (χ1v) is 15.3. The van der Waals surface area contributed by atoms with Gasteiger partial charge in [0, 0.05) is 5.41 Å². The lowest BCUT2D eigenvalue weighted by atomic mass is 9.88. The van der Waals surface area contributed by atoms with Crippen LogP contribution in [0.1, 0.15) is 13.3 Å². The van der Waals surface area contributed by atoms with Gasteiger partial charge in [0.15, 0.2) is 0 Å². The van der Waals surface area contributed by atoms with Crippen LogP contribution in [-0.2, 0) is 30.4 Å². The van der Waals surface area contributed by atoms with Crippen molar-refractivity contribution in [1.82, 2.24) is 0 Å². The van der Waals surface area contributed by atoms with Gasteiger partial charge in [0.1, 0.15) is 0 Å². The molecule has 0 aromatic heterocycles. The van der Waals surface area contributed by atoms with Gasteiger partial charge in [0.05, 0.1) is 34.5 Å². The van der Waals surface area contributed by atoms with Crippen molar-refractivity contribution >= 4 is 30.4 Å². The molecule has 6 N–H and O–H groups in total. The quantitative estimate of drug-likeness (QED) is 0.212. The Kier molecular flexibility index (Phi) is 15.9. The molecule has 0 fully saturated rings. The van der Waals surface area contributed by atoms with Crippen molar-refractivity contribution in [3.8, 4) is 0 Å². The lowest BCUT2D eigenvalue weighted by Gasteiger charge is -2.24. The molecule has 218 valence electrons. The third-order valence-corrected chi connectivity index (χ3v) is 7.48. The zero-order chi connectivity index (χ0) is 30.2. The average molecular weight is 609 g/mol. The molecule has 0 aliphatic rings. The smallest absolute Gasteiger partial charge is 0.294 e. The van der Waals surface area contributed by atoms with E-state index in [1.165, 1.54) is 36.4 Å². The van der Waals surface area contributed by atoms with Gasteiger partial charge in [-0.15, -0.1) is 0 Å². The summed E-state index contributed by atoms with van der Waals surface area (Å²) < 4.78 is 87.7. The molecule has 15 heteroatoms. The Balaban J connectivity index is 0.000000494. The number of hydrogen-bond donors (Lipinski definition) is 6. The van der Waals surface area contributed by atoms with E-state index < -0.39 is 35.8 Å². The molecule has 3 rings (SSSR count). The lowest BCUT2D eigenvalue weighted by molar-refractivity contribution is 0.00304. The van der Waals surface area contributed by atoms with E-state index >= 15 is 0 Å². The second-order valence-corrected chi connectivity index (χ2v) is 12.0. The van der Waals surface area contributed by atoms with Gasteiger partial charge in [-0.3, -0.25) is 13.7 Å². The van der Waals surface area contributed by atoms with Crippen molar-refractivity contribution in [3.05, 3.63) is 91.0 Å². The molecule has 0 heterocycles. The van der Waals surface area contributed by atoms with E-state index in [0.29, 0.717) is 6.42 Å². The normalized spacial score (nSPS) is 11.5. The zero-order valence-electron chi connectivity index (χ0n) is 20.8. The predicted molar refractivity (Wildman–Crippen MR) is 143 cm³/mol. The van der Waals surface area contributed by atoms with E-state index in [1.807, 2.05) is 6.92 Å². The molecule has 39 heavy (non-hydrogen) atoms. The van der Waals surface area contributed by atoms with Crippen LogP contribution in [0.5, 0.6) is 0 Å². The molecule has 3 aromatic carbocycles. The molecular weight excluding hydrogens is 576 g/mol. The first-order valence-electron chi connectivity index (χ1n) is 11.0. The van der Waals surface area contributed by atoms with E-state index in [2.05, 4.69) is 0 Å². The van der Waals surface area contributed by atoms with Crippen LogP contribution >= 0.6 is 0 Å². The van der Waals surface area contributed by atoms with Crippen molar-refractivity contribution in [2.75, 3.05) is 19.8 Å². The largest absolute Gasteiger partial charge is 0.396 e. The number of hydrogen-bond acceptors (Lipinski definition) is 9. The minimum absolute atomic E-state index is 0.0741. The summed E-state index contributed by atoms with van der Waals surface area (Å²) in [4.78, 5) is -0.222. The minimum Gasteiger partial charge on any atom is -0.396 e. The maximum atomic E-state index is 10.4. The van der Waals surface area contributed by atoms with Crippen LogP contribution in [0, 0.1) is 5.41 Å². The summed E-state index contributed by atoms with van der Waals surface area (Å²) in [6.07, 6.45) is 0.594. The fourth-order valence-corrected chi connectivity index (χ4v) is 3.77. The van der Waals surface area contributed by atoms with Crippen molar-refractivity contribution in [2.24, 2.45) is 5.41 Å². The van der Waals surface area contributed by atoms with Crippen molar-refractivity contribution < 1.29 is 54.2 Å². The third-order valence-electron chi connectivity index (χ3n) is 4.88. The number of aliphatic hydroxyl groups excluding tert-OH is 3. The average Bonchev–Trinajstić information content (AvgIpc) is 2.92. The van der Waals surface area contributed by atoms with Gasteiger partial charge in [0.2, 0.25) is 0 Å². The van der Waals surface area contributed by atoms with Crippen molar-refractivity contribution in [3.63, 3.8) is 0 Å². The molecule has 12 nitrogen and oxygen atoms in total. The molecule has 0 aliphatic carbocycles. The first kappa shape index (κ1) is 36.3. The Labute approximate surface area is 228 Å². The van der Waals surface area contributed by atoms with Gasteiger partial charge >= 0.3 is 0 Å². The second-order valence-electron chi connectivity index (χ2n) is 7.69. The molecule has 0 atom stereocenters. The summed E-state index contributed by atoms with van der Waals surface area (Å²) in [5.41, 5.74) is -0.667. The van der Waals surface area contributed by atoms with Gasteiger partial charge in [-0.1, -0.05) is 61.5 Å². The van der Waals surface area contributed by atoms with Crippen LogP contribution in [0.25, 0.3) is 0 Å². The van der Waals surface area contributed by atoms with E-state index in [4.69, 9.17) is 29.0 Å². The topological polar surface area (TPSA) is 224 Å². The van der Waals surface area contributed by atoms with E-state index in [9.17, 15) is 25.3 Å². The summed E-state index contributed by atoms with van der Waals surface area (Å²) in [5.74, 6) is 0. The predicted octanol–water partition coefficient (Wildman–Crippen LogP) is 2.16. The van der Waals surface area contributed by atoms with Gasteiger partial charge in [-0.05, 0) is 42.8 Å². The number of aliphatic hydroxyl groups is 3. The highest BCUT2D eigenvalue weighted by Crippen LogP contribution is 2.18. The van der Waals surface area contributed by atoms with Crippen LogP contribution in [0.15, 0.2) is 106 Å². The maximum absolute atomic E-state index is 10.4. The highest BCUT2D eigenvalue weighted by Gasteiger charge is 2.24. The van der Waals surface area contributed by atoms with E-state index in [1.54, 1.807) is 54.6 Å². The molecule has 0 saturated heterocycles. The highest BCUT2D eigenvalue weighted by atomic mass is 32.2. The summed E-state index contributed by atoms with van der Waals surface area (Å²) in [6.45, 7) is 1.35. The Bertz CT molecular complexity index is 1210. The Morgan fingerprint density at radius 3 is 0.769 bits per heavy atom. The Morgan fingerprint density at radius 1 is 0.487 bits per heavy atom. The summed E-state index contributed by atoms with van der Waals surface area (Å²) >= 11 is 0. The summed E-state index contributed by atoms with van der Waals surface area (Å²) in [7, 11) is -12.0. The zero-order valence-corrected chi connectivity index (χ0v) is 23.3. The Morgan fingerprint density at radius 2 is 0.692 bits per heavy atom. The second kappa shape index (κ2) is 17.1. The van der Waals surface area contributed by atoms with Gasteiger partial charge in [-0.2, -0.15) is 25.3 Å². The highest BCUT2D eigenvalue weighted by molar-refractivity contribution is 7.86.